The molecule has 0 radical (unpaired) electrons. The second-order valence-corrected chi connectivity index (χ2v) is 12.0. The summed E-state index contributed by atoms with van der Waals surface area (Å²) < 4.78 is 41.6. The van der Waals surface area contributed by atoms with Crippen molar-refractivity contribution in [2.45, 2.75) is 97.6 Å². The maximum Gasteiger partial charge on any atom is 0.379 e. The number of hydrogen-bond acceptors (Lipinski definition) is 8. The first-order valence-electron chi connectivity index (χ1n) is 15.6. The number of carbonyl (C=O) groups is 2. The molecule has 1 aliphatic carbocycles. The van der Waals surface area contributed by atoms with Gasteiger partial charge in [0.1, 0.15) is 23.9 Å². The molecule has 14 heteroatoms. The van der Waals surface area contributed by atoms with E-state index >= 15 is 0 Å². The quantitative estimate of drug-likeness (QED) is 0.332. The standard InChI is InChI=1S/C30H43N7O4.CHF3/c1-6-22(41-30(4,5)20-10-8-11-20)18-40-23-13-14-32-24(16-23)34-29(39)37-21-12-9-15-36(17-21)25-19(3)33-26(35-27(25)37)28(38)31-7-2;2-1(3)4/h13-14,16,20-22H,6-12,15,17-18H2,1-5H3,(H,31,38)(H,32,34,39);1H. The van der Waals surface area contributed by atoms with Gasteiger partial charge in [-0.1, -0.05) is 13.3 Å². The van der Waals surface area contributed by atoms with Crippen molar-refractivity contribution in [3.05, 3.63) is 29.8 Å². The van der Waals surface area contributed by atoms with Crippen molar-refractivity contribution in [2.24, 2.45) is 5.92 Å². The van der Waals surface area contributed by atoms with E-state index in [2.05, 4.69) is 51.3 Å². The van der Waals surface area contributed by atoms with E-state index in [0.717, 1.165) is 31.5 Å². The number of aromatic nitrogens is 3. The SMILES string of the molecule is CCNC(=O)c1nc(C)c2c(n1)N(C(=O)Nc1cc(OCC(CC)OC(C)(C)C3CCC3)ccn1)C1CCCN2C1.FC(F)F. The summed E-state index contributed by atoms with van der Waals surface area (Å²) in [6.45, 7) is 8.93. The fourth-order valence-electron chi connectivity index (χ4n) is 6.03. The summed E-state index contributed by atoms with van der Waals surface area (Å²) >= 11 is 0. The second-order valence-electron chi connectivity index (χ2n) is 12.0. The summed E-state index contributed by atoms with van der Waals surface area (Å²) in [5.41, 5.74) is 1.30. The van der Waals surface area contributed by atoms with Crippen LogP contribution in [-0.2, 0) is 4.74 Å². The molecular weight excluding hydrogens is 591 g/mol. The van der Waals surface area contributed by atoms with Gasteiger partial charge >= 0.3 is 12.7 Å². The lowest BCUT2D eigenvalue weighted by atomic mass is 9.74. The van der Waals surface area contributed by atoms with E-state index in [1.807, 2.05) is 13.8 Å². The zero-order valence-electron chi connectivity index (χ0n) is 26.6. The number of hydrogen-bond donors (Lipinski definition) is 2. The van der Waals surface area contributed by atoms with Gasteiger partial charge < -0.3 is 19.7 Å². The summed E-state index contributed by atoms with van der Waals surface area (Å²) in [6, 6.07) is 3.09. The Morgan fingerprint density at radius 2 is 1.87 bits per heavy atom. The van der Waals surface area contributed by atoms with Crippen molar-refractivity contribution >= 4 is 29.3 Å². The van der Waals surface area contributed by atoms with Crippen LogP contribution in [0.5, 0.6) is 5.75 Å². The van der Waals surface area contributed by atoms with Crippen molar-refractivity contribution in [3.63, 3.8) is 0 Å². The van der Waals surface area contributed by atoms with Crippen LogP contribution in [0.2, 0.25) is 0 Å². The van der Waals surface area contributed by atoms with Crippen LogP contribution in [0.25, 0.3) is 0 Å². The van der Waals surface area contributed by atoms with Gasteiger partial charge in [-0.25, -0.2) is 19.7 Å². The summed E-state index contributed by atoms with van der Waals surface area (Å²) in [6.07, 6.45) is 7.95. The first-order chi connectivity index (χ1) is 21.4. The molecule has 1 saturated carbocycles. The molecule has 1 saturated heterocycles. The number of carbonyl (C=O) groups excluding carboxylic acids is 2. The highest BCUT2D eigenvalue weighted by atomic mass is 19.4. The highest BCUT2D eigenvalue weighted by molar-refractivity contribution is 6.04. The average Bonchev–Trinajstić information content (AvgIpc) is 2.94. The number of piperidine rings is 1. The van der Waals surface area contributed by atoms with Crippen LogP contribution in [0.1, 0.15) is 82.5 Å². The number of halogens is 3. The van der Waals surface area contributed by atoms with Gasteiger partial charge in [0.2, 0.25) is 5.82 Å². The molecule has 3 aliphatic rings. The maximum atomic E-state index is 13.8. The summed E-state index contributed by atoms with van der Waals surface area (Å²) in [4.78, 5) is 43.7. The predicted octanol–water partition coefficient (Wildman–Crippen LogP) is 5.88. The van der Waals surface area contributed by atoms with Crippen molar-refractivity contribution in [1.82, 2.24) is 20.3 Å². The molecular formula is C31H44F3N7O4. The molecule has 45 heavy (non-hydrogen) atoms. The van der Waals surface area contributed by atoms with Gasteiger partial charge in [0.05, 0.1) is 23.4 Å². The molecule has 4 heterocycles. The molecule has 2 atom stereocenters. The largest absolute Gasteiger partial charge is 0.491 e. The number of alkyl halides is 3. The average molecular weight is 636 g/mol. The summed E-state index contributed by atoms with van der Waals surface area (Å²) in [5.74, 6) is 1.74. The van der Waals surface area contributed by atoms with E-state index in [4.69, 9.17) is 9.47 Å². The Morgan fingerprint density at radius 3 is 2.51 bits per heavy atom. The molecule has 2 aliphatic heterocycles. The van der Waals surface area contributed by atoms with Crippen molar-refractivity contribution in [1.29, 1.82) is 0 Å². The number of aryl methyl sites for hydroxylation is 1. The Hall–Kier alpha value is -3.68. The smallest absolute Gasteiger partial charge is 0.379 e. The molecule has 0 spiro atoms. The van der Waals surface area contributed by atoms with Gasteiger partial charge in [0, 0.05) is 31.9 Å². The monoisotopic (exact) mass is 635 g/mol. The van der Waals surface area contributed by atoms with Gasteiger partial charge in [0.25, 0.3) is 5.91 Å². The molecule has 2 N–H and O–H groups in total. The molecule has 2 unspecified atom stereocenters. The normalized spacial score (nSPS) is 18.3. The molecule has 0 aromatic carbocycles. The Labute approximate surface area is 262 Å². The minimum absolute atomic E-state index is 0.0297. The Balaban J connectivity index is 0.00000109. The van der Waals surface area contributed by atoms with Crippen LogP contribution in [0.15, 0.2) is 18.3 Å². The molecule has 11 nitrogen and oxygen atoms in total. The van der Waals surface area contributed by atoms with E-state index in [1.165, 1.54) is 19.3 Å². The van der Waals surface area contributed by atoms with Crippen LogP contribution in [0.3, 0.4) is 0 Å². The molecule has 2 aromatic heterocycles. The molecule has 5 rings (SSSR count). The number of amides is 3. The van der Waals surface area contributed by atoms with Crippen LogP contribution in [-0.4, -0.2) is 77.6 Å². The highest BCUT2D eigenvalue weighted by Gasteiger charge is 2.40. The number of urea groups is 1. The third-order valence-electron chi connectivity index (χ3n) is 8.52. The van der Waals surface area contributed by atoms with Crippen molar-refractivity contribution in [3.8, 4) is 5.75 Å². The Bertz CT molecular complexity index is 1330. The fraction of sp³-hybridized carbons (Fsp3) is 0.645. The minimum atomic E-state index is -3.67. The third kappa shape index (κ3) is 8.53. The maximum absolute atomic E-state index is 13.8. The molecule has 248 valence electrons. The number of rotatable bonds is 10. The zero-order valence-corrected chi connectivity index (χ0v) is 26.6. The zero-order chi connectivity index (χ0) is 32.7. The number of pyridine rings is 1. The first kappa shape index (κ1) is 34.2. The van der Waals surface area contributed by atoms with Crippen molar-refractivity contribution < 1.29 is 32.2 Å². The van der Waals surface area contributed by atoms with E-state index in [-0.39, 0.29) is 35.5 Å². The Kier molecular flexibility index (Phi) is 11.5. The molecule has 2 bridgehead atoms. The van der Waals surface area contributed by atoms with Gasteiger partial charge in [-0.05, 0) is 71.8 Å². The van der Waals surface area contributed by atoms with Crippen LogP contribution >= 0.6 is 0 Å². The molecule has 2 fully saturated rings. The van der Waals surface area contributed by atoms with Crippen LogP contribution in [0, 0.1) is 12.8 Å². The van der Waals surface area contributed by atoms with E-state index in [1.54, 1.807) is 23.2 Å². The minimum Gasteiger partial charge on any atom is -0.491 e. The highest BCUT2D eigenvalue weighted by Crippen LogP contribution is 2.40. The van der Waals surface area contributed by atoms with Gasteiger partial charge in [-0.3, -0.25) is 15.0 Å². The third-order valence-corrected chi connectivity index (χ3v) is 8.52. The topological polar surface area (TPSA) is 122 Å². The summed E-state index contributed by atoms with van der Waals surface area (Å²) in [5, 5.41) is 5.70. The lowest BCUT2D eigenvalue weighted by Crippen LogP contribution is -2.56. The number of nitrogens with zero attached hydrogens (tertiary/aromatic N) is 5. The van der Waals surface area contributed by atoms with Gasteiger partial charge in [-0.15, -0.1) is 0 Å². The second kappa shape index (κ2) is 15.1. The lowest BCUT2D eigenvalue weighted by molar-refractivity contribution is -0.133. The number of fused-ring (bicyclic) bond motifs is 4. The van der Waals surface area contributed by atoms with Gasteiger partial charge in [-0.2, -0.15) is 13.2 Å². The summed E-state index contributed by atoms with van der Waals surface area (Å²) in [7, 11) is 0. The molecule has 3 amide bonds. The van der Waals surface area contributed by atoms with E-state index in [9.17, 15) is 22.8 Å². The van der Waals surface area contributed by atoms with Crippen LogP contribution in [0.4, 0.5) is 35.3 Å². The fourth-order valence-corrected chi connectivity index (χ4v) is 6.03. The van der Waals surface area contributed by atoms with E-state index < -0.39 is 6.68 Å². The van der Waals surface area contributed by atoms with Gasteiger partial charge in [0.15, 0.2) is 5.82 Å². The van der Waals surface area contributed by atoms with Crippen LogP contribution < -0.4 is 25.2 Å². The first-order valence-corrected chi connectivity index (χ1v) is 15.6. The number of ether oxygens (including phenoxy) is 2. The lowest BCUT2D eigenvalue weighted by Gasteiger charge is -2.46. The van der Waals surface area contributed by atoms with Crippen molar-refractivity contribution in [2.75, 3.05) is 41.4 Å². The predicted molar refractivity (Wildman–Crippen MR) is 165 cm³/mol. The molecule has 2 aromatic rings. The number of nitrogens with one attached hydrogen (secondary N) is 2. The Morgan fingerprint density at radius 1 is 1.13 bits per heavy atom. The van der Waals surface area contributed by atoms with E-state index in [0.29, 0.717) is 48.7 Å². The number of anilines is 3.